The predicted molar refractivity (Wildman–Crippen MR) is 95.0 cm³/mol. The van der Waals surface area contributed by atoms with Crippen molar-refractivity contribution in [3.8, 4) is 0 Å². The van der Waals surface area contributed by atoms with E-state index in [0.717, 1.165) is 30.8 Å². The number of benzene rings is 1. The maximum absolute atomic E-state index is 12.3. The van der Waals surface area contributed by atoms with Gasteiger partial charge in [0.25, 0.3) is 5.91 Å². The predicted octanol–water partition coefficient (Wildman–Crippen LogP) is 3.90. The molecule has 0 aliphatic rings. The zero-order valence-corrected chi connectivity index (χ0v) is 14.3. The van der Waals surface area contributed by atoms with E-state index >= 15 is 0 Å². The molecule has 0 atom stereocenters. The molecule has 23 heavy (non-hydrogen) atoms. The Labute approximate surface area is 142 Å². The van der Waals surface area contributed by atoms with Crippen LogP contribution in [-0.2, 0) is 6.54 Å². The summed E-state index contributed by atoms with van der Waals surface area (Å²) in [7, 11) is 1.99. The number of hydrogen-bond donors (Lipinski definition) is 1. The third kappa shape index (κ3) is 5.25. The lowest BCUT2D eigenvalue weighted by Gasteiger charge is -2.18. The van der Waals surface area contributed by atoms with Crippen molar-refractivity contribution >= 4 is 23.3 Å². The van der Waals surface area contributed by atoms with Gasteiger partial charge in [0.05, 0.1) is 0 Å². The van der Waals surface area contributed by atoms with Gasteiger partial charge < -0.3 is 10.2 Å². The molecule has 4 nitrogen and oxygen atoms in total. The first-order valence-electron chi connectivity index (χ1n) is 7.80. The van der Waals surface area contributed by atoms with E-state index in [1.165, 1.54) is 0 Å². The van der Waals surface area contributed by atoms with Crippen LogP contribution in [0, 0.1) is 0 Å². The third-order valence-corrected chi connectivity index (χ3v) is 3.86. The number of unbranched alkanes of at least 4 members (excludes halogenated alkanes) is 1. The average molecular weight is 332 g/mol. The number of rotatable bonds is 7. The normalized spacial score (nSPS) is 10.4. The van der Waals surface area contributed by atoms with Crippen LogP contribution in [0.25, 0.3) is 0 Å². The molecule has 0 bridgehead atoms. The van der Waals surface area contributed by atoms with Crippen LogP contribution in [0.2, 0.25) is 5.02 Å². The van der Waals surface area contributed by atoms with Gasteiger partial charge in [0.1, 0.15) is 5.82 Å². The zero-order valence-electron chi connectivity index (χ0n) is 13.6. The lowest BCUT2D eigenvalue weighted by molar-refractivity contribution is 0.0951. The molecule has 0 saturated heterocycles. The number of halogens is 1. The molecular weight excluding hydrogens is 310 g/mol. The van der Waals surface area contributed by atoms with Crippen molar-refractivity contribution in [3.63, 3.8) is 0 Å². The van der Waals surface area contributed by atoms with Crippen LogP contribution in [0.5, 0.6) is 0 Å². The first kappa shape index (κ1) is 17.3. The van der Waals surface area contributed by atoms with E-state index in [-0.39, 0.29) is 5.91 Å². The van der Waals surface area contributed by atoms with E-state index in [9.17, 15) is 4.79 Å². The standard InChI is InChI=1S/C18H22ClN3O/c1-3-4-11-22(2)17-12-15(9-10-20-17)18(23)21-13-14-5-7-16(19)8-6-14/h5-10,12H,3-4,11,13H2,1-2H3,(H,21,23). The summed E-state index contributed by atoms with van der Waals surface area (Å²) in [5.74, 6) is 0.713. The minimum Gasteiger partial charge on any atom is -0.360 e. The number of hydrogen-bond acceptors (Lipinski definition) is 3. The van der Waals surface area contributed by atoms with Gasteiger partial charge in [-0.25, -0.2) is 4.98 Å². The highest BCUT2D eigenvalue weighted by molar-refractivity contribution is 6.30. The van der Waals surface area contributed by atoms with E-state index < -0.39 is 0 Å². The van der Waals surface area contributed by atoms with Crippen molar-refractivity contribution in [2.75, 3.05) is 18.5 Å². The van der Waals surface area contributed by atoms with Crippen LogP contribution in [0.15, 0.2) is 42.6 Å². The first-order valence-corrected chi connectivity index (χ1v) is 8.17. The van der Waals surface area contributed by atoms with E-state index in [4.69, 9.17) is 11.6 Å². The van der Waals surface area contributed by atoms with E-state index in [1.807, 2.05) is 37.4 Å². The van der Waals surface area contributed by atoms with Gasteiger partial charge in [-0.3, -0.25) is 4.79 Å². The lowest BCUT2D eigenvalue weighted by atomic mass is 10.2. The lowest BCUT2D eigenvalue weighted by Crippen LogP contribution is -2.24. The average Bonchev–Trinajstić information content (AvgIpc) is 2.59. The Bertz CT molecular complexity index is 643. The number of nitrogens with one attached hydrogen (secondary N) is 1. The van der Waals surface area contributed by atoms with E-state index in [0.29, 0.717) is 17.1 Å². The quantitative estimate of drug-likeness (QED) is 0.836. The second-order valence-corrected chi connectivity index (χ2v) is 5.92. The molecule has 1 aromatic heterocycles. The summed E-state index contributed by atoms with van der Waals surface area (Å²) < 4.78 is 0. The number of carbonyl (C=O) groups excluding carboxylic acids is 1. The van der Waals surface area contributed by atoms with Gasteiger partial charge in [-0.05, 0) is 36.2 Å². The second-order valence-electron chi connectivity index (χ2n) is 5.49. The summed E-state index contributed by atoms with van der Waals surface area (Å²) in [6, 6.07) is 11.0. The molecule has 0 fully saturated rings. The summed E-state index contributed by atoms with van der Waals surface area (Å²) >= 11 is 5.85. The maximum Gasteiger partial charge on any atom is 0.251 e. The van der Waals surface area contributed by atoms with Crippen LogP contribution in [0.1, 0.15) is 35.7 Å². The Kier molecular flexibility index (Phi) is 6.41. The largest absolute Gasteiger partial charge is 0.360 e. The number of carbonyl (C=O) groups is 1. The van der Waals surface area contributed by atoms with E-state index in [2.05, 4.69) is 22.1 Å². The summed E-state index contributed by atoms with van der Waals surface area (Å²) in [5, 5.41) is 3.60. The summed E-state index contributed by atoms with van der Waals surface area (Å²) in [5.41, 5.74) is 1.63. The molecule has 1 aromatic carbocycles. The van der Waals surface area contributed by atoms with Gasteiger partial charge in [-0.2, -0.15) is 0 Å². The molecule has 2 rings (SSSR count). The fraction of sp³-hybridized carbons (Fsp3) is 0.333. The Morgan fingerprint density at radius 1 is 1.26 bits per heavy atom. The highest BCUT2D eigenvalue weighted by atomic mass is 35.5. The van der Waals surface area contributed by atoms with Gasteiger partial charge in [-0.15, -0.1) is 0 Å². The smallest absolute Gasteiger partial charge is 0.251 e. The molecule has 122 valence electrons. The van der Waals surface area contributed by atoms with Crippen LogP contribution in [0.4, 0.5) is 5.82 Å². The fourth-order valence-electron chi connectivity index (χ4n) is 2.16. The van der Waals surface area contributed by atoms with Gasteiger partial charge in [0.2, 0.25) is 0 Å². The monoisotopic (exact) mass is 331 g/mol. The molecule has 0 unspecified atom stereocenters. The minimum absolute atomic E-state index is 0.104. The molecule has 1 N–H and O–H groups in total. The van der Waals surface area contributed by atoms with Gasteiger partial charge in [-0.1, -0.05) is 37.1 Å². The molecule has 0 spiro atoms. The highest BCUT2D eigenvalue weighted by Gasteiger charge is 2.09. The number of amides is 1. The van der Waals surface area contributed by atoms with Gasteiger partial charge >= 0.3 is 0 Å². The van der Waals surface area contributed by atoms with Crippen molar-refractivity contribution in [2.45, 2.75) is 26.3 Å². The van der Waals surface area contributed by atoms with Crippen molar-refractivity contribution in [3.05, 3.63) is 58.7 Å². The number of nitrogens with zero attached hydrogens (tertiary/aromatic N) is 2. The molecular formula is C18H22ClN3O. The zero-order chi connectivity index (χ0) is 16.7. The Morgan fingerprint density at radius 2 is 2.00 bits per heavy atom. The highest BCUT2D eigenvalue weighted by Crippen LogP contribution is 2.13. The Morgan fingerprint density at radius 3 is 2.70 bits per heavy atom. The topological polar surface area (TPSA) is 45.2 Å². The molecule has 2 aromatic rings. The SMILES string of the molecule is CCCCN(C)c1cc(C(=O)NCc2ccc(Cl)cc2)ccn1. The van der Waals surface area contributed by atoms with Crippen molar-refractivity contribution in [1.29, 1.82) is 0 Å². The summed E-state index contributed by atoms with van der Waals surface area (Å²) in [6.07, 6.45) is 3.91. The number of aromatic nitrogens is 1. The Hall–Kier alpha value is -2.07. The van der Waals surface area contributed by atoms with Gasteiger partial charge in [0.15, 0.2) is 0 Å². The summed E-state index contributed by atoms with van der Waals surface area (Å²) in [4.78, 5) is 18.7. The van der Waals surface area contributed by atoms with Crippen molar-refractivity contribution in [2.24, 2.45) is 0 Å². The molecule has 0 saturated carbocycles. The van der Waals surface area contributed by atoms with Gasteiger partial charge in [0, 0.05) is 36.9 Å². The second kappa shape index (κ2) is 8.53. The number of pyridine rings is 1. The third-order valence-electron chi connectivity index (χ3n) is 3.61. The molecule has 0 aliphatic heterocycles. The van der Waals surface area contributed by atoms with Crippen LogP contribution in [-0.4, -0.2) is 24.5 Å². The number of anilines is 1. The first-order chi connectivity index (χ1) is 11.1. The van der Waals surface area contributed by atoms with Crippen molar-refractivity contribution < 1.29 is 4.79 Å². The summed E-state index contributed by atoms with van der Waals surface area (Å²) in [6.45, 7) is 3.56. The van der Waals surface area contributed by atoms with Crippen LogP contribution < -0.4 is 10.2 Å². The molecule has 0 radical (unpaired) electrons. The molecule has 1 amide bonds. The fourth-order valence-corrected chi connectivity index (χ4v) is 2.29. The molecule has 1 heterocycles. The van der Waals surface area contributed by atoms with Crippen molar-refractivity contribution in [1.82, 2.24) is 10.3 Å². The minimum atomic E-state index is -0.104. The molecule has 5 heteroatoms. The Balaban J connectivity index is 1.97. The van der Waals surface area contributed by atoms with Crippen LogP contribution >= 0.6 is 11.6 Å². The molecule has 0 aliphatic carbocycles. The van der Waals surface area contributed by atoms with Crippen LogP contribution in [0.3, 0.4) is 0 Å². The van der Waals surface area contributed by atoms with E-state index in [1.54, 1.807) is 12.3 Å². The maximum atomic E-state index is 12.3.